The molecule has 0 aliphatic rings. The van der Waals surface area contributed by atoms with Crippen LogP contribution < -0.4 is 11.5 Å². The zero-order chi connectivity index (χ0) is 15.5. The van der Waals surface area contributed by atoms with Crippen molar-refractivity contribution in [1.29, 1.82) is 0 Å². The predicted octanol–water partition coefficient (Wildman–Crippen LogP) is 0.743. The number of carbonyl (C=O) groups is 3. The molecular formula is C12H20N2O4. The molecule has 0 spiro atoms. The molecule has 18 heavy (non-hydrogen) atoms. The molecule has 0 saturated carbocycles. The minimum Gasteiger partial charge on any atom is -0.478 e. The van der Waals surface area contributed by atoms with E-state index in [0.717, 1.165) is 0 Å². The second kappa shape index (κ2) is 11.1. The van der Waals surface area contributed by atoms with Gasteiger partial charge >= 0.3 is 5.97 Å². The average Bonchev–Trinajstić information content (AvgIpc) is 2.18. The van der Waals surface area contributed by atoms with Crippen molar-refractivity contribution in [2.45, 2.75) is 20.8 Å². The van der Waals surface area contributed by atoms with Crippen LogP contribution >= 0.6 is 0 Å². The lowest BCUT2D eigenvalue weighted by molar-refractivity contribution is -0.132. The highest BCUT2D eigenvalue weighted by Gasteiger charge is 1.90. The van der Waals surface area contributed by atoms with Gasteiger partial charge in [-0.15, -0.1) is 0 Å². The van der Waals surface area contributed by atoms with Crippen LogP contribution in [-0.4, -0.2) is 22.9 Å². The van der Waals surface area contributed by atoms with Crippen LogP contribution in [0.3, 0.4) is 0 Å². The van der Waals surface area contributed by atoms with Gasteiger partial charge in [-0.3, -0.25) is 9.59 Å². The molecular weight excluding hydrogens is 236 g/mol. The van der Waals surface area contributed by atoms with Gasteiger partial charge in [0.25, 0.3) is 0 Å². The SMILES string of the molecule is C=C(C)C(=O)O.C=C(C)C(N)=O.C=C(C)C(N)=O. The van der Waals surface area contributed by atoms with Gasteiger partial charge in [-0.25, -0.2) is 4.79 Å². The van der Waals surface area contributed by atoms with Gasteiger partial charge < -0.3 is 16.6 Å². The Hall–Kier alpha value is -2.37. The Morgan fingerprint density at radius 3 is 0.889 bits per heavy atom. The first-order valence-electron chi connectivity index (χ1n) is 4.72. The van der Waals surface area contributed by atoms with Gasteiger partial charge in [-0.1, -0.05) is 19.7 Å². The summed E-state index contributed by atoms with van der Waals surface area (Å²) in [5.74, 6) is -1.81. The highest BCUT2D eigenvalue weighted by atomic mass is 16.4. The number of nitrogens with two attached hydrogens (primary N) is 2. The maximum absolute atomic E-state index is 9.82. The van der Waals surface area contributed by atoms with Crippen LogP contribution in [0.25, 0.3) is 0 Å². The summed E-state index contributed by atoms with van der Waals surface area (Å²) < 4.78 is 0. The first-order chi connectivity index (χ1) is 7.93. The fourth-order valence-corrected chi connectivity index (χ4v) is 0. The van der Waals surface area contributed by atoms with E-state index in [4.69, 9.17) is 16.6 Å². The molecule has 0 aliphatic carbocycles. The quantitative estimate of drug-likeness (QED) is 0.644. The number of rotatable bonds is 3. The Labute approximate surface area is 107 Å². The fourth-order valence-electron chi connectivity index (χ4n) is 0. The Morgan fingerprint density at radius 1 is 0.778 bits per heavy atom. The minimum absolute atomic E-state index is 0.176. The summed E-state index contributed by atoms with van der Waals surface area (Å²) in [4.78, 5) is 29.2. The molecule has 0 bridgehead atoms. The third-order valence-corrected chi connectivity index (χ3v) is 1.21. The molecule has 2 amide bonds. The number of carboxylic acid groups (broad SMARTS) is 1. The standard InChI is InChI=1S/2C4H7NO.C4H6O2/c3*1-3(2)4(5)6/h2*1H2,2H3,(H2,5,6);1H2,2H3,(H,5,6). The largest absolute Gasteiger partial charge is 0.478 e. The van der Waals surface area contributed by atoms with Gasteiger partial charge in [0.15, 0.2) is 0 Å². The van der Waals surface area contributed by atoms with Gasteiger partial charge in [0.05, 0.1) is 0 Å². The van der Waals surface area contributed by atoms with E-state index < -0.39 is 17.8 Å². The molecule has 6 nitrogen and oxygen atoms in total. The van der Waals surface area contributed by atoms with E-state index >= 15 is 0 Å². The van der Waals surface area contributed by atoms with E-state index in [1.54, 1.807) is 13.8 Å². The van der Waals surface area contributed by atoms with Crippen LogP contribution in [0.5, 0.6) is 0 Å². The number of hydrogen-bond donors (Lipinski definition) is 3. The van der Waals surface area contributed by atoms with Crippen LogP contribution in [0, 0.1) is 0 Å². The molecule has 0 aromatic heterocycles. The van der Waals surface area contributed by atoms with Crippen LogP contribution in [0.1, 0.15) is 20.8 Å². The number of aliphatic carboxylic acids is 1. The third-order valence-electron chi connectivity index (χ3n) is 1.21. The molecule has 0 aliphatic heterocycles. The molecule has 0 fully saturated rings. The minimum atomic E-state index is -0.935. The van der Waals surface area contributed by atoms with Crippen molar-refractivity contribution in [3.8, 4) is 0 Å². The number of primary amides is 2. The number of carboxylic acids is 1. The molecule has 0 rings (SSSR count). The van der Waals surface area contributed by atoms with Gasteiger partial charge in [0.1, 0.15) is 0 Å². The Balaban J connectivity index is -0.000000187. The lowest BCUT2D eigenvalue weighted by Gasteiger charge is -1.81. The second-order valence-electron chi connectivity index (χ2n) is 3.37. The smallest absolute Gasteiger partial charge is 0.330 e. The van der Waals surface area contributed by atoms with Crippen molar-refractivity contribution in [3.63, 3.8) is 0 Å². The van der Waals surface area contributed by atoms with Crippen molar-refractivity contribution >= 4 is 17.8 Å². The first kappa shape index (κ1) is 21.0. The summed E-state index contributed by atoms with van der Waals surface area (Å²) in [6, 6.07) is 0. The van der Waals surface area contributed by atoms with Crippen LogP contribution in [0.2, 0.25) is 0 Å². The fraction of sp³-hybridized carbons (Fsp3) is 0.250. The van der Waals surface area contributed by atoms with Crippen molar-refractivity contribution in [3.05, 3.63) is 36.5 Å². The van der Waals surface area contributed by atoms with Crippen LogP contribution in [0.4, 0.5) is 0 Å². The monoisotopic (exact) mass is 256 g/mol. The average molecular weight is 256 g/mol. The molecule has 5 N–H and O–H groups in total. The number of carbonyl (C=O) groups excluding carboxylic acids is 2. The van der Waals surface area contributed by atoms with E-state index in [0.29, 0.717) is 11.1 Å². The predicted molar refractivity (Wildman–Crippen MR) is 70.5 cm³/mol. The second-order valence-corrected chi connectivity index (χ2v) is 3.37. The maximum atomic E-state index is 9.82. The van der Waals surface area contributed by atoms with Crippen LogP contribution in [0.15, 0.2) is 36.5 Å². The van der Waals surface area contributed by atoms with E-state index in [1.807, 2.05) is 0 Å². The number of hydrogen-bond acceptors (Lipinski definition) is 3. The van der Waals surface area contributed by atoms with Crippen molar-refractivity contribution in [2.24, 2.45) is 11.5 Å². The summed E-state index contributed by atoms with van der Waals surface area (Å²) in [6.07, 6.45) is 0. The van der Waals surface area contributed by atoms with Crippen molar-refractivity contribution in [2.75, 3.05) is 0 Å². The number of amides is 2. The normalized spacial score (nSPS) is 7.50. The molecule has 102 valence electrons. The Kier molecular flexibility index (Phi) is 13.0. The first-order valence-corrected chi connectivity index (χ1v) is 4.72. The molecule has 0 atom stereocenters. The topological polar surface area (TPSA) is 123 Å². The van der Waals surface area contributed by atoms with E-state index in [9.17, 15) is 14.4 Å². The van der Waals surface area contributed by atoms with Crippen LogP contribution in [-0.2, 0) is 14.4 Å². The zero-order valence-electron chi connectivity index (χ0n) is 10.9. The van der Waals surface area contributed by atoms with Crippen molar-refractivity contribution < 1.29 is 19.5 Å². The van der Waals surface area contributed by atoms with Gasteiger partial charge in [0, 0.05) is 16.7 Å². The molecule has 0 aromatic carbocycles. The zero-order valence-corrected chi connectivity index (χ0v) is 10.9. The summed E-state index contributed by atoms with van der Waals surface area (Å²) >= 11 is 0. The van der Waals surface area contributed by atoms with Gasteiger partial charge in [-0.05, 0) is 20.8 Å². The summed E-state index contributed by atoms with van der Waals surface area (Å²) in [7, 11) is 0. The highest BCUT2D eigenvalue weighted by molar-refractivity contribution is 5.90. The Bertz CT molecular complexity index is 277. The molecule has 0 radical (unpaired) electrons. The molecule has 0 unspecified atom stereocenters. The molecule has 0 saturated heterocycles. The molecule has 0 aromatic rings. The van der Waals surface area contributed by atoms with Crippen molar-refractivity contribution in [1.82, 2.24) is 0 Å². The van der Waals surface area contributed by atoms with E-state index in [-0.39, 0.29) is 5.57 Å². The van der Waals surface area contributed by atoms with Gasteiger partial charge in [0.2, 0.25) is 11.8 Å². The lowest BCUT2D eigenvalue weighted by atomic mass is 10.3. The van der Waals surface area contributed by atoms with E-state index in [2.05, 4.69) is 19.7 Å². The highest BCUT2D eigenvalue weighted by Crippen LogP contribution is 1.81. The maximum Gasteiger partial charge on any atom is 0.330 e. The molecule has 0 heterocycles. The summed E-state index contributed by atoms with van der Waals surface area (Å²) in [5.41, 5.74) is 10.4. The third kappa shape index (κ3) is 23.4. The molecule has 6 heteroatoms. The lowest BCUT2D eigenvalue weighted by Crippen LogP contribution is -2.10. The summed E-state index contributed by atoms with van der Waals surface area (Å²) in [5, 5.41) is 7.89. The van der Waals surface area contributed by atoms with Gasteiger partial charge in [-0.2, -0.15) is 0 Å². The summed E-state index contributed by atoms with van der Waals surface area (Å²) in [6.45, 7) is 14.3. The van der Waals surface area contributed by atoms with E-state index in [1.165, 1.54) is 6.92 Å². The Morgan fingerprint density at radius 2 is 0.889 bits per heavy atom.